The van der Waals surface area contributed by atoms with Crippen LogP contribution in [0.3, 0.4) is 0 Å². The van der Waals surface area contributed by atoms with Gasteiger partial charge in [-0.15, -0.1) is 3.89 Å². The number of halogens is 3. The predicted molar refractivity (Wildman–Crippen MR) is 175 cm³/mol. The molecule has 2 unspecified atom stereocenters. The van der Waals surface area contributed by atoms with Gasteiger partial charge < -0.3 is 14.7 Å². The Kier molecular flexibility index (Phi) is 8.98. The van der Waals surface area contributed by atoms with E-state index < -0.39 is 11.9 Å². The number of carbonyl (C=O) groups excluding carboxylic acids is 1. The zero-order valence-electron chi connectivity index (χ0n) is 24.0. The van der Waals surface area contributed by atoms with Crippen molar-refractivity contribution in [1.82, 2.24) is 28.3 Å². The minimum atomic E-state index is -0.676. The van der Waals surface area contributed by atoms with Crippen molar-refractivity contribution in [2.24, 2.45) is 0 Å². The topological polar surface area (TPSA) is 88.7 Å². The number of aromatic nitrogens is 4. The van der Waals surface area contributed by atoms with Crippen LogP contribution in [0, 0.1) is 5.82 Å². The van der Waals surface area contributed by atoms with Gasteiger partial charge in [-0.2, -0.15) is 5.10 Å². The van der Waals surface area contributed by atoms with Crippen molar-refractivity contribution < 1.29 is 22.9 Å². The first-order valence-electron chi connectivity index (χ1n) is 14.1. The first-order chi connectivity index (χ1) is 20.8. The van der Waals surface area contributed by atoms with Crippen LogP contribution in [-0.2, 0) is 28.9 Å². The first kappa shape index (κ1) is 30.7. The molecule has 0 amide bonds. The van der Waals surface area contributed by atoms with E-state index in [9.17, 15) is 18.2 Å². The van der Waals surface area contributed by atoms with E-state index in [0.29, 0.717) is 42.2 Å². The van der Waals surface area contributed by atoms with E-state index in [-0.39, 0.29) is 36.5 Å². The number of ether oxygens (including phenoxy) is 1. The molecule has 9 nitrogen and oxygen atoms in total. The molecule has 0 radical (unpaired) electrons. The number of esters is 1. The van der Waals surface area contributed by atoms with Crippen molar-refractivity contribution in [3.05, 3.63) is 53.1 Å². The average molecular weight is 741 g/mol. The first-order valence-corrected chi connectivity index (χ1v) is 18.8. The number of benzene rings is 2. The molecular formula is C29H32F2IN6O3PS. The van der Waals surface area contributed by atoms with Crippen molar-refractivity contribution in [2.45, 2.75) is 51.2 Å². The molecule has 2 atom stereocenters. The van der Waals surface area contributed by atoms with Crippen LogP contribution in [0.15, 0.2) is 30.3 Å². The second-order valence-electron chi connectivity index (χ2n) is 11.0. The Morgan fingerprint density at radius 1 is 1.26 bits per heavy atom. The fraction of sp³-hybridized carbons (Fsp3) is 0.414. The SMILES string of the molecule is CCc1cc(O)c(F)cc1-c1ccc2c(-c3nc4c(n3SF)CN(C3CCN(C)CC3)C(C(=O)OC)C4)nn(PI)c2c1. The average Bonchev–Trinajstić information content (AvgIpc) is 3.58. The molecule has 4 aromatic rings. The van der Waals surface area contributed by atoms with Crippen LogP contribution in [0.4, 0.5) is 8.28 Å². The summed E-state index contributed by atoms with van der Waals surface area (Å²) in [5.41, 5.74) is 5.07. The Hall–Kier alpha value is -2.32. The maximum Gasteiger partial charge on any atom is 0.323 e. The van der Waals surface area contributed by atoms with Crippen molar-refractivity contribution >= 4 is 57.6 Å². The van der Waals surface area contributed by atoms with Crippen LogP contribution in [0.1, 0.15) is 36.7 Å². The van der Waals surface area contributed by atoms with E-state index in [0.717, 1.165) is 53.7 Å². The number of rotatable bonds is 7. The number of imidazole rings is 1. The van der Waals surface area contributed by atoms with Gasteiger partial charge in [-0.1, -0.05) is 13.0 Å². The number of phenolic OH excluding ortho intramolecular Hbond substituents is 1. The number of hydrogen-bond donors (Lipinski definition) is 1. The minimum absolute atomic E-state index is 0.0982. The number of phenols is 1. The normalized spacial score (nSPS) is 18.6. The fourth-order valence-electron chi connectivity index (χ4n) is 6.35. The second kappa shape index (κ2) is 12.6. The smallest absolute Gasteiger partial charge is 0.323 e. The van der Waals surface area contributed by atoms with Gasteiger partial charge in [-0.05, 0) is 102 Å². The number of piperidine rings is 1. The summed E-state index contributed by atoms with van der Waals surface area (Å²) in [4.78, 5) is 22.3. The number of likely N-dealkylation sites (tertiary alicyclic amines) is 1. The third-order valence-electron chi connectivity index (χ3n) is 8.67. The molecule has 1 fully saturated rings. The highest BCUT2D eigenvalue weighted by Crippen LogP contribution is 2.41. The Morgan fingerprint density at radius 3 is 2.70 bits per heavy atom. The molecule has 0 aliphatic carbocycles. The number of carbonyl (C=O) groups is 1. The number of hydrogen-bond acceptors (Lipinski definition) is 8. The Balaban J connectivity index is 1.44. The largest absolute Gasteiger partial charge is 0.505 e. The van der Waals surface area contributed by atoms with Gasteiger partial charge in [0.2, 0.25) is 0 Å². The van der Waals surface area contributed by atoms with Crippen LogP contribution in [0.2, 0.25) is 0 Å². The molecule has 1 saturated heterocycles. The summed E-state index contributed by atoms with van der Waals surface area (Å²) in [6.45, 7) is 4.21. The van der Waals surface area contributed by atoms with Crippen LogP contribution in [-0.4, -0.2) is 78.7 Å². The van der Waals surface area contributed by atoms with E-state index in [1.807, 2.05) is 29.6 Å². The molecule has 2 aliphatic rings. The Labute approximate surface area is 267 Å². The molecule has 0 bridgehead atoms. The molecular weight excluding hydrogens is 708 g/mol. The van der Waals surface area contributed by atoms with E-state index in [1.165, 1.54) is 23.2 Å². The molecule has 2 aliphatic heterocycles. The van der Waals surface area contributed by atoms with Gasteiger partial charge in [0.1, 0.15) is 11.7 Å². The molecule has 6 rings (SSSR count). The maximum absolute atomic E-state index is 14.8. The summed E-state index contributed by atoms with van der Waals surface area (Å²) < 4.78 is 37.7. The van der Waals surface area contributed by atoms with Crippen LogP contribution >= 0.6 is 40.7 Å². The third-order valence-corrected chi connectivity index (χ3v) is 11.1. The van der Waals surface area contributed by atoms with E-state index in [4.69, 9.17) is 14.8 Å². The van der Waals surface area contributed by atoms with Gasteiger partial charge in [0, 0.05) is 24.4 Å². The molecule has 1 N–H and O–H groups in total. The van der Waals surface area contributed by atoms with Crippen molar-refractivity contribution in [3.8, 4) is 28.4 Å². The zero-order chi connectivity index (χ0) is 30.4. The van der Waals surface area contributed by atoms with E-state index in [1.54, 1.807) is 0 Å². The Bertz CT molecular complexity index is 1690. The molecule has 14 heteroatoms. The number of aryl methyl sites for hydroxylation is 1. The summed E-state index contributed by atoms with van der Waals surface area (Å²) in [5.74, 6) is -0.961. The van der Waals surface area contributed by atoms with Crippen LogP contribution < -0.4 is 0 Å². The summed E-state index contributed by atoms with van der Waals surface area (Å²) in [7, 11) is 3.50. The van der Waals surface area contributed by atoms with Gasteiger partial charge >= 0.3 is 5.97 Å². The lowest BCUT2D eigenvalue weighted by atomic mass is 9.95. The van der Waals surface area contributed by atoms with Gasteiger partial charge in [0.05, 0.1) is 30.4 Å². The van der Waals surface area contributed by atoms with Gasteiger partial charge in [0.15, 0.2) is 29.7 Å². The number of aromatic hydroxyl groups is 1. The summed E-state index contributed by atoms with van der Waals surface area (Å²) >= 11 is 2.35. The van der Waals surface area contributed by atoms with Crippen LogP contribution in [0.25, 0.3) is 33.5 Å². The zero-order valence-corrected chi connectivity index (χ0v) is 28.0. The number of methoxy groups -OCH3 is 1. The molecule has 228 valence electrons. The highest BCUT2D eigenvalue weighted by Gasteiger charge is 2.41. The summed E-state index contributed by atoms with van der Waals surface area (Å²) in [6.07, 6.45) is 3.04. The highest BCUT2D eigenvalue weighted by atomic mass is 127. The molecule has 2 aromatic heterocycles. The predicted octanol–water partition coefficient (Wildman–Crippen LogP) is 6.14. The lowest BCUT2D eigenvalue weighted by molar-refractivity contribution is -0.149. The number of nitrogens with zero attached hydrogens (tertiary/aromatic N) is 6. The monoisotopic (exact) mass is 740 g/mol. The maximum atomic E-state index is 14.8. The lowest BCUT2D eigenvalue weighted by Crippen LogP contribution is -2.54. The second-order valence-corrected chi connectivity index (χ2v) is 13.6. The number of fused-ring (bicyclic) bond motifs is 2. The lowest BCUT2D eigenvalue weighted by Gasteiger charge is -2.42. The summed E-state index contributed by atoms with van der Waals surface area (Å²) in [6, 6.07) is 8.27. The highest BCUT2D eigenvalue weighted by molar-refractivity contribution is 14.2. The summed E-state index contributed by atoms with van der Waals surface area (Å²) in [5, 5.41) is 15.6. The molecule has 4 heterocycles. The van der Waals surface area contributed by atoms with Gasteiger partial charge in [0.25, 0.3) is 0 Å². The van der Waals surface area contributed by atoms with Gasteiger partial charge in [-0.25, -0.2) is 17.8 Å². The molecule has 0 saturated carbocycles. The van der Waals surface area contributed by atoms with Crippen molar-refractivity contribution in [3.63, 3.8) is 0 Å². The fourth-order valence-corrected chi connectivity index (χ4v) is 8.31. The minimum Gasteiger partial charge on any atom is -0.505 e. The molecule has 2 aromatic carbocycles. The van der Waals surface area contributed by atoms with Crippen molar-refractivity contribution in [1.29, 1.82) is 0 Å². The molecule has 0 spiro atoms. The Morgan fingerprint density at radius 2 is 2.02 bits per heavy atom. The van der Waals surface area contributed by atoms with Crippen LogP contribution in [0.5, 0.6) is 5.75 Å². The molecule has 43 heavy (non-hydrogen) atoms. The van der Waals surface area contributed by atoms with Gasteiger partial charge in [-0.3, -0.25) is 9.69 Å². The quantitative estimate of drug-likeness (QED) is 0.138. The van der Waals surface area contributed by atoms with E-state index >= 15 is 0 Å². The van der Waals surface area contributed by atoms with E-state index in [2.05, 4.69) is 38.9 Å². The standard InChI is InChI=1S/C29H32F2IN6O3PS/c1-4-16-12-26(39)21(30)13-20(16)17-5-6-19-23(11-17)38(42-32)34-27(19)28-33-22-14-24(29(40)41-3)36(15-25(22)37(28)43-31)18-7-9-35(2)10-8-18/h5-6,11-13,18,24,39,42H,4,7-10,14-15H2,1-3H3. The third kappa shape index (κ3) is 5.56. The van der Waals surface area contributed by atoms with Crippen molar-refractivity contribution in [2.75, 3.05) is 27.2 Å².